The zero-order chi connectivity index (χ0) is 18.8. The number of halogens is 1. The Labute approximate surface area is 153 Å². The minimum absolute atomic E-state index is 0.348. The normalized spacial score (nSPS) is 11.1. The van der Waals surface area contributed by atoms with Gasteiger partial charge in [0.25, 0.3) is 5.56 Å². The SMILES string of the molecule is O=c1c2ccccc2n(CCCn2ccnc2)c(=O)n1-c1ccc(F)cc1. The van der Waals surface area contributed by atoms with Gasteiger partial charge in [-0.2, -0.15) is 0 Å². The summed E-state index contributed by atoms with van der Waals surface area (Å²) < 4.78 is 17.9. The van der Waals surface area contributed by atoms with E-state index in [1.165, 1.54) is 24.3 Å². The molecular formula is C20H17FN4O2. The molecule has 7 heteroatoms. The molecule has 4 aromatic rings. The highest BCUT2D eigenvalue weighted by molar-refractivity contribution is 5.78. The monoisotopic (exact) mass is 364 g/mol. The minimum atomic E-state index is -0.434. The fourth-order valence-electron chi connectivity index (χ4n) is 3.19. The summed E-state index contributed by atoms with van der Waals surface area (Å²) in [6.45, 7) is 1.15. The lowest BCUT2D eigenvalue weighted by atomic mass is 10.2. The van der Waals surface area contributed by atoms with E-state index in [-0.39, 0.29) is 0 Å². The molecule has 27 heavy (non-hydrogen) atoms. The predicted molar refractivity (Wildman–Crippen MR) is 101 cm³/mol. The molecule has 0 aliphatic rings. The van der Waals surface area contributed by atoms with Crippen LogP contribution >= 0.6 is 0 Å². The molecule has 0 aliphatic carbocycles. The van der Waals surface area contributed by atoms with Crippen molar-refractivity contribution in [3.8, 4) is 5.69 Å². The molecule has 2 aromatic carbocycles. The van der Waals surface area contributed by atoms with Crippen LogP contribution in [0.5, 0.6) is 0 Å². The fourth-order valence-corrected chi connectivity index (χ4v) is 3.19. The van der Waals surface area contributed by atoms with Crippen LogP contribution in [-0.2, 0) is 13.1 Å². The Hall–Kier alpha value is -3.48. The highest BCUT2D eigenvalue weighted by atomic mass is 19.1. The number of imidazole rings is 1. The Kier molecular flexibility index (Phi) is 4.42. The van der Waals surface area contributed by atoms with Crippen LogP contribution in [0, 0.1) is 5.82 Å². The largest absolute Gasteiger partial charge is 0.337 e. The van der Waals surface area contributed by atoms with E-state index >= 15 is 0 Å². The van der Waals surface area contributed by atoms with Gasteiger partial charge in [0, 0.05) is 25.5 Å². The molecule has 0 bridgehead atoms. The van der Waals surface area contributed by atoms with Crippen LogP contribution in [0.3, 0.4) is 0 Å². The maximum Gasteiger partial charge on any atom is 0.336 e. The lowest BCUT2D eigenvalue weighted by Gasteiger charge is -2.14. The Morgan fingerprint density at radius 1 is 0.963 bits per heavy atom. The van der Waals surface area contributed by atoms with Crippen molar-refractivity contribution in [2.24, 2.45) is 0 Å². The fraction of sp³-hybridized carbons (Fsp3) is 0.150. The molecule has 0 atom stereocenters. The van der Waals surface area contributed by atoms with Crippen LogP contribution in [0.25, 0.3) is 16.6 Å². The third kappa shape index (κ3) is 3.19. The summed E-state index contributed by atoms with van der Waals surface area (Å²) in [6, 6.07) is 12.4. The number of benzene rings is 2. The first-order valence-corrected chi connectivity index (χ1v) is 8.61. The number of aromatic nitrogens is 4. The molecule has 0 unspecified atom stereocenters. The highest BCUT2D eigenvalue weighted by Crippen LogP contribution is 2.11. The number of para-hydroxylation sites is 1. The average molecular weight is 364 g/mol. The van der Waals surface area contributed by atoms with Crippen molar-refractivity contribution in [2.45, 2.75) is 19.5 Å². The molecule has 0 saturated carbocycles. The zero-order valence-electron chi connectivity index (χ0n) is 14.5. The number of nitrogens with zero attached hydrogens (tertiary/aromatic N) is 4. The van der Waals surface area contributed by atoms with Crippen LogP contribution in [0.4, 0.5) is 4.39 Å². The lowest BCUT2D eigenvalue weighted by Crippen LogP contribution is -2.39. The molecule has 4 rings (SSSR count). The Bertz CT molecular complexity index is 1190. The first-order chi connectivity index (χ1) is 13.1. The minimum Gasteiger partial charge on any atom is -0.337 e. The number of rotatable bonds is 5. The van der Waals surface area contributed by atoms with Crippen LogP contribution in [0.15, 0.2) is 76.8 Å². The van der Waals surface area contributed by atoms with Crippen molar-refractivity contribution in [3.63, 3.8) is 0 Å². The van der Waals surface area contributed by atoms with Crippen LogP contribution in [0.1, 0.15) is 6.42 Å². The summed E-state index contributed by atoms with van der Waals surface area (Å²) in [5, 5.41) is 0.448. The van der Waals surface area contributed by atoms with Gasteiger partial charge in [0.2, 0.25) is 0 Å². The molecule has 0 radical (unpaired) electrons. The van der Waals surface area contributed by atoms with E-state index in [2.05, 4.69) is 4.98 Å². The zero-order valence-corrected chi connectivity index (χ0v) is 14.5. The summed E-state index contributed by atoms with van der Waals surface area (Å²) >= 11 is 0. The Morgan fingerprint density at radius 3 is 2.48 bits per heavy atom. The van der Waals surface area contributed by atoms with Gasteiger partial charge in [0.1, 0.15) is 5.82 Å². The maximum absolute atomic E-state index is 13.3. The molecular weight excluding hydrogens is 347 g/mol. The van der Waals surface area contributed by atoms with Crippen molar-refractivity contribution in [1.29, 1.82) is 0 Å². The first-order valence-electron chi connectivity index (χ1n) is 8.61. The second kappa shape index (κ2) is 7.03. The van der Waals surface area contributed by atoms with E-state index in [1.54, 1.807) is 41.4 Å². The summed E-state index contributed by atoms with van der Waals surface area (Å²) in [5.74, 6) is -0.423. The molecule has 6 nitrogen and oxygen atoms in total. The number of fused-ring (bicyclic) bond motifs is 1. The van der Waals surface area contributed by atoms with Gasteiger partial charge in [0.05, 0.1) is 22.9 Å². The van der Waals surface area contributed by atoms with Gasteiger partial charge in [0.15, 0.2) is 0 Å². The van der Waals surface area contributed by atoms with Crippen molar-refractivity contribution in [3.05, 3.63) is 93.9 Å². The summed E-state index contributed by atoms with van der Waals surface area (Å²) in [4.78, 5) is 30.0. The summed E-state index contributed by atoms with van der Waals surface area (Å²) in [7, 11) is 0. The van der Waals surface area contributed by atoms with Gasteiger partial charge in [-0.3, -0.25) is 9.36 Å². The van der Waals surface area contributed by atoms with Crippen molar-refractivity contribution < 1.29 is 4.39 Å². The van der Waals surface area contributed by atoms with Gasteiger partial charge in [-0.15, -0.1) is 0 Å². The van der Waals surface area contributed by atoms with Gasteiger partial charge >= 0.3 is 5.69 Å². The molecule has 0 amide bonds. The van der Waals surface area contributed by atoms with E-state index in [0.717, 1.165) is 4.57 Å². The number of hydrogen-bond acceptors (Lipinski definition) is 3. The van der Waals surface area contributed by atoms with E-state index < -0.39 is 17.1 Å². The summed E-state index contributed by atoms with van der Waals surface area (Å²) in [5.41, 5.74) is 0.0982. The topological polar surface area (TPSA) is 61.8 Å². The molecule has 0 saturated heterocycles. The van der Waals surface area contributed by atoms with E-state index in [9.17, 15) is 14.0 Å². The van der Waals surface area contributed by atoms with E-state index in [1.807, 2.05) is 10.8 Å². The van der Waals surface area contributed by atoms with Crippen molar-refractivity contribution in [1.82, 2.24) is 18.7 Å². The second-order valence-corrected chi connectivity index (χ2v) is 6.22. The molecule has 0 aliphatic heterocycles. The second-order valence-electron chi connectivity index (χ2n) is 6.22. The first kappa shape index (κ1) is 17.0. The molecule has 0 fully saturated rings. The summed E-state index contributed by atoms with van der Waals surface area (Å²) in [6.07, 6.45) is 5.98. The lowest BCUT2D eigenvalue weighted by molar-refractivity contribution is 0.549. The van der Waals surface area contributed by atoms with Crippen LogP contribution < -0.4 is 11.2 Å². The van der Waals surface area contributed by atoms with Crippen molar-refractivity contribution in [2.75, 3.05) is 0 Å². The van der Waals surface area contributed by atoms with Gasteiger partial charge in [-0.1, -0.05) is 12.1 Å². The van der Waals surface area contributed by atoms with Crippen molar-refractivity contribution >= 4 is 10.9 Å². The van der Waals surface area contributed by atoms with Crippen LogP contribution in [-0.4, -0.2) is 18.7 Å². The van der Waals surface area contributed by atoms with Gasteiger partial charge in [-0.25, -0.2) is 18.7 Å². The molecule has 2 aromatic heterocycles. The number of aryl methyl sites for hydroxylation is 2. The number of hydrogen-bond donors (Lipinski definition) is 0. The highest BCUT2D eigenvalue weighted by Gasteiger charge is 2.14. The molecule has 0 N–H and O–H groups in total. The third-order valence-corrected chi connectivity index (χ3v) is 4.49. The van der Waals surface area contributed by atoms with Crippen LogP contribution in [0.2, 0.25) is 0 Å². The quantitative estimate of drug-likeness (QED) is 0.547. The Morgan fingerprint density at radius 2 is 1.74 bits per heavy atom. The maximum atomic E-state index is 13.3. The Balaban J connectivity index is 1.83. The molecule has 0 spiro atoms. The van der Waals surface area contributed by atoms with Gasteiger partial charge in [-0.05, 0) is 42.8 Å². The predicted octanol–water partition coefficient (Wildman–Crippen LogP) is 2.58. The van der Waals surface area contributed by atoms with E-state index in [4.69, 9.17) is 0 Å². The standard InChI is InChI=1S/C20H17FN4O2/c21-15-6-8-16(9-7-15)25-19(26)17-4-1-2-5-18(17)24(20(25)27)12-3-11-23-13-10-22-14-23/h1-2,4-10,13-14H,3,11-12H2. The third-order valence-electron chi connectivity index (χ3n) is 4.49. The van der Waals surface area contributed by atoms with E-state index in [0.29, 0.717) is 36.1 Å². The molecule has 2 heterocycles. The van der Waals surface area contributed by atoms with Gasteiger partial charge < -0.3 is 4.57 Å². The smallest absolute Gasteiger partial charge is 0.336 e. The average Bonchev–Trinajstić information content (AvgIpc) is 3.19. The molecule has 136 valence electrons.